The maximum atomic E-state index is 13.5. The van der Waals surface area contributed by atoms with Crippen LogP contribution in [0.3, 0.4) is 0 Å². The Bertz CT molecular complexity index is 1640. The molecule has 0 aliphatic carbocycles. The third kappa shape index (κ3) is 7.74. The second-order valence-corrected chi connectivity index (χ2v) is 11.5. The number of nitrogens with zero attached hydrogens (tertiary/aromatic N) is 5. The number of aromatic nitrogens is 2. The maximum Gasteiger partial charge on any atom is 0.511 e. The van der Waals surface area contributed by atoms with Crippen LogP contribution in [0.1, 0.15) is 25.1 Å². The van der Waals surface area contributed by atoms with Crippen LogP contribution in [0, 0.1) is 18.0 Å². The number of hydrazine groups is 1. The molecule has 3 aromatic rings. The van der Waals surface area contributed by atoms with Crippen LogP contribution in [-0.4, -0.2) is 66.2 Å². The van der Waals surface area contributed by atoms with E-state index >= 15 is 0 Å². The number of carbonyl (C=O) groups is 2. The van der Waals surface area contributed by atoms with Crippen molar-refractivity contribution in [3.63, 3.8) is 0 Å². The summed E-state index contributed by atoms with van der Waals surface area (Å²) >= 11 is 0. The van der Waals surface area contributed by atoms with Crippen molar-refractivity contribution in [1.29, 1.82) is 0 Å². The Balaban J connectivity index is 1.37. The van der Waals surface area contributed by atoms with Gasteiger partial charge in [-0.3, -0.25) is 4.79 Å². The highest BCUT2D eigenvalue weighted by molar-refractivity contribution is 7.90. The van der Waals surface area contributed by atoms with Gasteiger partial charge in [0.1, 0.15) is 0 Å². The summed E-state index contributed by atoms with van der Waals surface area (Å²) in [6, 6.07) is 12.4. The number of hydrogen-bond acceptors (Lipinski definition) is 10. The van der Waals surface area contributed by atoms with Crippen molar-refractivity contribution >= 4 is 22.1 Å². The summed E-state index contributed by atoms with van der Waals surface area (Å²) in [5.41, 5.74) is 0.542. The van der Waals surface area contributed by atoms with Crippen molar-refractivity contribution in [2.45, 2.75) is 37.9 Å². The summed E-state index contributed by atoms with van der Waals surface area (Å²) < 4.78 is 78.2. The first kappa shape index (κ1) is 32.1. The molecule has 44 heavy (non-hydrogen) atoms. The molecule has 0 unspecified atom stereocenters. The average Bonchev–Trinajstić information content (AvgIpc) is 3.36. The standard InChI is InChI=1S/C26H27F3N6O8S/c1-16(2)43-25(37)41-15-42-32-35(38)33-13-19(14-33)24(36)31-44(39,40)21-10-8-20(9-11-21)34-22(12-23(30-34)26(27,28)29)18-6-4-17(3)5-7-18/h4-12,16,19H,13-15H2,1-3H3,(H,31,36)/b35-32-. The zero-order valence-electron chi connectivity index (χ0n) is 23.5. The molecule has 2 heterocycles. The van der Waals surface area contributed by atoms with Crippen LogP contribution < -0.4 is 4.72 Å². The third-order valence-electron chi connectivity index (χ3n) is 6.14. The average molecular weight is 641 g/mol. The first-order valence-electron chi connectivity index (χ1n) is 12.9. The van der Waals surface area contributed by atoms with E-state index in [0.29, 0.717) is 5.56 Å². The van der Waals surface area contributed by atoms with Gasteiger partial charge in [-0.1, -0.05) is 29.8 Å². The number of benzene rings is 2. The predicted molar refractivity (Wildman–Crippen MR) is 144 cm³/mol. The lowest BCUT2D eigenvalue weighted by Crippen LogP contribution is -2.56. The molecule has 0 spiro atoms. The Morgan fingerprint density at radius 3 is 2.36 bits per heavy atom. The quantitative estimate of drug-likeness (QED) is 0.0856. The molecule has 0 saturated carbocycles. The van der Waals surface area contributed by atoms with E-state index in [0.717, 1.165) is 33.5 Å². The van der Waals surface area contributed by atoms with Gasteiger partial charge in [0.05, 0.1) is 46.4 Å². The van der Waals surface area contributed by atoms with Crippen molar-refractivity contribution in [3.8, 4) is 16.9 Å². The second kappa shape index (κ2) is 12.8. The Kier molecular flexibility index (Phi) is 9.31. The monoisotopic (exact) mass is 640 g/mol. The molecule has 1 aliphatic heterocycles. The molecular weight excluding hydrogens is 613 g/mol. The van der Waals surface area contributed by atoms with Crippen molar-refractivity contribution in [2.75, 3.05) is 19.9 Å². The fourth-order valence-electron chi connectivity index (χ4n) is 3.87. The van der Waals surface area contributed by atoms with E-state index < -0.39 is 52.8 Å². The number of alkyl halides is 3. The number of rotatable bonds is 10. The summed E-state index contributed by atoms with van der Waals surface area (Å²) in [6.07, 6.45) is -6.15. The molecule has 4 rings (SSSR count). The Morgan fingerprint density at radius 2 is 1.77 bits per heavy atom. The fourth-order valence-corrected chi connectivity index (χ4v) is 4.92. The molecule has 0 radical (unpaired) electrons. The molecule has 1 aliphatic rings. The molecule has 14 nitrogen and oxygen atoms in total. The number of nitrogens with one attached hydrogen (secondary N) is 1. The van der Waals surface area contributed by atoms with Crippen molar-refractivity contribution in [2.24, 2.45) is 11.2 Å². The SMILES string of the molecule is Cc1ccc(-c2cc(C(F)(F)F)nn2-c2ccc(S(=O)(=O)NC(=O)C3CN(/[N+]([O-])=N/OCOC(=O)OC(C)C)C3)cc2)cc1. The van der Waals surface area contributed by atoms with Crippen molar-refractivity contribution in [1.82, 2.24) is 19.5 Å². The topological polar surface area (TPSA) is 167 Å². The van der Waals surface area contributed by atoms with E-state index in [1.165, 1.54) is 12.1 Å². The van der Waals surface area contributed by atoms with Crippen LogP contribution in [0.5, 0.6) is 0 Å². The maximum absolute atomic E-state index is 13.5. The third-order valence-corrected chi connectivity index (χ3v) is 7.50. The van der Waals surface area contributed by atoms with Gasteiger partial charge in [-0.05, 0) is 51.1 Å². The molecule has 1 amide bonds. The highest BCUT2D eigenvalue weighted by Crippen LogP contribution is 2.33. The van der Waals surface area contributed by atoms with E-state index in [-0.39, 0.29) is 34.3 Å². The Hall–Kier alpha value is -4.87. The minimum atomic E-state index is -4.71. The Labute approximate surface area is 249 Å². The summed E-state index contributed by atoms with van der Waals surface area (Å²) in [7, 11) is -4.36. The lowest BCUT2D eigenvalue weighted by atomic mass is 10.0. The van der Waals surface area contributed by atoms with Crippen molar-refractivity contribution in [3.05, 3.63) is 71.1 Å². The van der Waals surface area contributed by atoms with E-state index in [1.807, 2.05) is 11.6 Å². The van der Waals surface area contributed by atoms with Crippen LogP contribution in [0.15, 0.2) is 64.8 Å². The van der Waals surface area contributed by atoms with Gasteiger partial charge in [0.15, 0.2) is 5.69 Å². The van der Waals surface area contributed by atoms with Gasteiger partial charge in [-0.2, -0.15) is 18.3 Å². The number of carbonyl (C=O) groups excluding carboxylic acids is 2. The molecular formula is C26H27F3N6O8S. The first-order valence-corrected chi connectivity index (χ1v) is 14.4. The smallest absolute Gasteiger partial charge is 0.511 e. The van der Waals surface area contributed by atoms with Gasteiger partial charge < -0.3 is 19.5 Å². The van der Waals surface area contributed by atoms with Crippen LogP contribution >= 0.6 is 0 Å². The van der Waals surface area contributed by atoms with Gasteiger partial charge in [0.25, 0.3) is 16.8 Å². The number of ether oxygens (including phenoxy) is 2. The summed E-state index contributed by atoms with van der Waals surface area (Å²) in [4.78, 5) is 28.0. The molecule has 236 valence electrons. The fraction of sp³-hybridized carbons (Fsp3) is 0.346. The van der Waals surface area contributed by atoms with E-state index in [9.17, 15) is 36.4 Å². The zero-order chi connectivity index (χ0) is 32.2. The number of sulfonamides is 1. The van der Waals surface area contributed by atoms with Crippen LogP contribution in [0.25, 0.3) is 16.9 Å². The molecule has 1 aromatic heterocycles. The molecule has 1 fully saturated rings. The lowest BCUT2D eigenvalue weighted by molar-refractivity contribution is -0.726. The number of hydrogen-bond donors (Lipinski definition) is 1. The summed E-state index contributed by atoms with van der Waals surface area (Å²) in [5.74, 6) is -1.77. The van der Waals surface area contributed by atoms with Crippen molar-refractivity contribution < 1.29 is 50.5 Å². The molecule has 0 bridgehead atoms. The lowest BCUT2D eigenvalue weighted by Gasteiger charge is -2.32. The first-order chi connectivity index (χ1) is 20.6. The normalized spacial score (nSPS) is 14.2. The molecule has 1 N–H and O–H groups in total. The summed E-state index contributed by atoms with van der Waals surface area (Å²) in [6.45, 7) is 3.97. The number of amides is 1. The molecule has 18 heteroatoms. The Morgan fingerprint density at radius 1 is 1.14 bits per heavy atom. The van der Waals surface area contributed by atoms with E-state index in [4.69, 9.17) is 4.74 Å². The van der Waals surface area contributed by atoms with Gasteiger partial charge in [-0.25, -0.2) is 22.6 Å². The van der Waals surface area contributed by atoms with Gasteiger partial charge in [0.2, 0.25) is 11.2 Å². The largest absolute Gasteiger partial charge is 0.569 e. The van der Waals surface area contributed by atoms with Gasteiger partial charge in [-0.15, -0.1) is 5.01 Å². The highest BCUT2D eigenvalue weighted by atomic mass is 32.2. The predicted octanol–water partition coefficient (Wildman–Crippen LogP) is 3.93. The molecule has 2 aromatic carbocycles. The molecule has 0 atom stereocenters. The van der Waals surface area contributed by atoms with Crippen LogP contribution in [0.2, 0.25) is 0 Å². The van der Waals surface area contributed by atoms with E-state index in [2.05, 4.69) is 20.0 Å². The second-order valence-electron chi connectivity index (χ2n) is 9.86. The summed E-state index contributed by atoms with van der Waals surface area (Å²) in [5, 5.41) is 19.8. The van der Waals surface area contributed by atoms with E-state index in [1.54, 1.807) is 38.1 Å². The number of halogens is 3. The minimum Gasteiger partial charge on any atom is -0.569 e. The molecule has 1 saturated heterocycles. The highest BCUT2D eigenvalue weighted by Gasteiger charge is 2.40. The minimum absolute atomic E-state index is 0.0124. The van der Waals surface area contributed by atoms with Crippen LogP contribution in [-0.2, 0) is 35.3 Å². The zero-order valence-corrected chi connectivity index (χ0v) is 24.3. The van der Waals surface area contributed by atoms with Crippen LogP contribution in [0.4, 0.5) is 18.0 Å². The van der Waals surface area contributed by atoms with Gasteiger partial charge in [0, 0.05) is 5.56 Å². The van der Waals surface area contributed by atoms with Gasteiger partial charge >= 0.3 is 12.3 Å². The number of aryl methyl sites for hydroxylation is 1.